The van der Waals surface area contributed by atoms with Crippen LogP contribution >= 0.6 is 15.9 Å². The molecule has 2 nitrogen and oxygen atoms in total. The molecule has 14 heavy (non-hydrogen) atoms. The topological polar surface area (TPSA) is 18.5 Å². The van der Waals surface area contributed by atoms with Crippen molar-refractivity contribution in [2.24, 2.45) is 5.41 Å². The molecule has 1 atom stereocenters. The van der Waals surface area contributed by atoms with Crippen LogP contribution in [-0.4, -0.2) is 31.8 Å². The van der Waals surface area contributed by atoms with Crippen LogP contribution in [-0.2, 0) is 9.47 Å². The molecule has 0 N–H and O–H groups in total. The summed E-state index contributed by atoms with van der Waals surface area (Å²) in [6.07, 6.45) is 4.93. The van der Waals surface area contributed by atoms with E-state index in [2.05, 4.69) is 22.9 Å². The zero-order valence-corrected chi connectivity index (χ0v) is 10.8. The molecule has 0 bridgehead atoms. The molecule has 1 rings (SSSR count). The molecule has 1 aliphatic rings. The highest BCUT2D eigenvalue weighted by molar-refractivity contribution is 9.09. The predicted octanol–water partition coefficient (Wildman–Crippen LogP) is 2.99. The van der Waals surface area contributed by atoms with Gasteiger partial charge in [0.2, 0.25) is 0 Å². The van der Waals surface area contributed by atoms with E-state index in [9.17, 15) is 0 Å². The zero-order valence-electron chi connectivity index (χ0n) is 9.22. The lowest BCUT2D eigenvalue weighted by atomic mass is 10.00. The van der Waals surface area contributed by atoms with E-state index in [1.54, 1.807) is 7.11 Å². The minimum atomic E-state index is 0.557. The molecule has 0 heterocycles. The van der Waals surface area contributed by atoms with Crippen LogP contribution in [0.25, 0.3) is 0 Å². The van der Waals surface area contributed by atoms with Crippen LogP contribution < -0.4 is 0 Å². The molecule has 1 fully saturated rings. The van der Waals surface area contributed by atoms with Gasteiger partial charge in [-0.15, -0.1) is 0 Å². The molecule has 1 unspecified atom stereocenters. The highest BCUT2D eigenvalue weighted by Crippen LogP contribution is 2.54. The van der Waals surface area contributed by atoms with Gasteiger partial charge in [0.15, 0.2) is 0 Å². The SMILES string of the molecule is COCCCOCCC1(C(C)Br)CC1. The van der Waals surface area contributed by atoms with E-state index in [0.717, 1.165) is 26.2 Å². The summed E-state index contributed by atoms with van der Waals surface area (Å²) in [5.41, 5.74) is 0.557. The van der Waals surface area contributed by atoms with Crippen LogP contribution in [0.4, 0.5) is 0 Å². The Bertz CT molecular complexity index is 155. The quantitative estimate of drug-likeness (QED) is 0.496. The molecule has 0 spiro atoms. The highest BCUT2D eigenvalue weighted by Gasteiger charge is 2.45. The van der Waals surface area contributed by atoms with Gasteiger partial charge in [-0.3, -0.25) is 0 Å². The maximum absolute atomic E-state index is 5.56. The Labute approximate surface area is 95.5 Å². The molecule has 0 aromatic heterocycles. The van der Waals surface area contributed by atoms with Crippen molar-refractivity contribution in [3.8, 4) is 0 Å². The molecule has 0 aromatic rings. The molecule has 0 radical (unpaired) electrons. The van der Waals surface area contributed by atoms with E-state index >= 15 is 0 Å². The summed E-state index contributed by atoms with van der Waals surface area (Å²) >= 11 is 3.68. The minimum Gasteiger partial charge on any atom is -0.385 e. The van der Waals surface area contributed by atoms with Gasteiger partial charge in [-0.25, -0.2) is 0 Å². The Morgan fingerprint density at radius 2 is 2.00 bits per heavy atom. The maximum Gasteiger partial charge on any atom is 0.0487 e. The molecule has 0 saturated heterocycles. The van der Waals surface area contributed by atoms with Crippen molar-refractivity contribution >= 4 is 15.9 Å². The van der Waals surface area contributed by atoms with Crippen molar-refractivity contribution in [2.45, 2.75) is 37.4 Å². The van der Waals surface area contributed by atoms with Crippen LogP contribution in [0.1, 0.15) is 32.6 Å². The van der Waals surface area contributed by atoms with E-state index in [-0.39, 0.29) is 0 Å². The second kappa shape index (κ2) is 6.09. The summed E-state index contributed by atoms with van der Waals surface area (Å²) in [4.78, 5) is 0.637. The highest BCUT2D eigenvalue weighted by atomic mass is 79.9. The summed E-state index contributed by atoms with van der Waals surface area (Å²) in [7, 11) is 1.73. The van der Waals surface area contributed by atoms with Gasteiger partial charge in [0.1, 0.15) is 0 Å². The third kappa shape index (κ3) is 3.87. The summed E-state index contributed by atoms with van der Waals surface area (Å²) in [5.74, 6) is 0. The first-order valence-electron chi connectivity index (χ1n) is 5.42. The Kier molecular flexibility index (Phi) is 5.42. The van der Waals surface area contributed by atoms with Gasteiger partial charge in [-0.05, 0) is 31.1 Å². The normalized spacial score (nSPS) is 20.8. The van der Waals surface area contributed by atoms with Gasteiger partial charge in [-0.1, -0.05) is 22.9 Å². The van der Waals surface area contributed by atoms with E-state index in [1.165, 1.54) is 19.3 Å². The Balaban J connectivity index is 1.94. The number of halogens is 1. The average Bonchev–Trinajstić information content (AvgIpc) is 2.92. The lowest BCUT2D eigenvalue weighted by Gasteiger charge is -2.17. The Hall–Kier alpha value is 0.400. The van der Waals surface area contributed by atoms with Crippen molar-refractivity contribution in [3.63, 3.8) is 0 Å². The van der Waals surface area contributed by atoms with Crippen LogP contribution in [0.3, 0.4) is 0 Å². The van der Waals surface area contributed by atoms with Crippen molar-refractivity contribution in [1.29, 1.82) is 0 Å². The lowest BCUT2D eigenvalue weighted by molar-refractivity contribution is 0.0917. The minimum absolute atomic E-state index is 0.557. The van der Waals surface area contributed by atoms with Crippen LogP contribution in [0.2, 0.25) is 0 Å². The summed E-state index contributed by atoms with van der Waals surface area (Å²) < 4.78 is 10.5. The Morgan fingerprint density at radius 1 is 1.29 bits per heavy atom. The number of hydrogen-bond acceptors (Lipinski definition) is 2. The lowest BCUT2D eigenvalue weighted by Crippen LogP contribution is -2.15. The van der Waals surface area contributed by atoms with Crippen molar-refractivity contribution in [3.05, 3.63) is 0 Å². The molecule has 1 aliphatic carbocycles. The maximum atomic E-state index is 5.56. The van der Waals surface area contributed by atoms with Crippen LogP contribution in [0.15, 0.2) is 0 Å². The molecule has 0 aromatic carbocycles. The largest absolute Gasteiger partial charge is 0.385 e. The van der Waals surface area contributed by atoms with Crippen molar-refractivity contribution in [2.75, 3.05) is 26.9 Å². The molecular weight excluding hydrogens is 244 g/mol. The van der Waals surface area contributed by atoms with Crippen LogP contribution in [0.5, 0.6) is 0 Å². The molecule has 0 amide bonds. The second-order valence-electron chi connectivity index (χ2n) is 4.19. The number of rotatable bonds is 8. The smallest absolute Gasteiger partial charge is 0.0487 e. The molecule has 3 heteroatoms. The van der Waals surface area contributed by atoms with Crippen molar-refractivity contribution < 1.29 is 9.47 Å². The fourth-order valence-corrected chi connectivity index (χ4v) is 2.38. The van der Waals surface area contributed by atoms with Crippen LogP contribution in [0, 0.1) is 5.41 Å². The third-order valence-corrected chi connectivity index (χ3v) is 4.09. The summed E-state index contributed by atoms with van der Waals surface area (Å²) in [6, 6.07) is 0. The van der Waals surface area contributed by atoms with Crippen molar-refractivity contribution in [1.82, 2.24) is 0 Å². The average molecular weight is 265 g/mol. The van der Waals surface area contributed by atoms with E-state index in [0.29, 0.717) is 10.2 Å². The zero-order chi connectivity index (χ0) is 10.4. The van der Waals surface area contributed by atoms with Gasteiger partial charge in [-0.2, -0.15) is 0 Å². The van der Waals surface area contributed by atoms with Gasteiger partial charge in [0, 0.05) is 31.8 Å². The number of alkyl halides is 1. The molecule has 84 valence electrons. The van der Waals surface area contributed by atoms with Gasteiger partial charge >= 0.3 is 0 Å². The first-order chi connectivity index (χ1) is 6.71. The predicted molar refractivity (Wildman–Crippen MR) is 62.0 cm³/mol. The third-order valence-electron chi connectivity index (χ3n) is 3.12. The monoisotopic (exact) mass is 264 g/mol. The number of ether oxygens (including phenoxy) is 2. The standard InChI is InChI=1S/C11H21BrO2/c1-10(12)11(4-5-11)6-9-14-8-3-7-13-2/h10H,3-9H2,1-2H3. The van der Waals surface area contributed by atoms with Gasteiger partial charge in [0.05, 0.1) is 0 Å². The Morgan fingerprint density at radius 3 is 2.50 bits per heavy atom. The molecule has 1 saturated carbocycles. The second-order valence-corrected chi connectivity index (χ2v) is 5.56. The fourth-order valence-electron chi connectivity index (χ4n) is 1.69. The summed E-state index contributed by atoms with van der Waals surface area (Å²) in [5, 5.41) is 0. The molecular formula is C11H21BrO2. The van der Waals surface area contributed by atoms with E-state index in [1.807, 2.05) is 0 Å². The van der Waals surface area contributed by atoms with E-state index in [4.69, 9.17) is 9.47 Å². The first kappa shape index (κ1) is 12.5. The van der Waals surface area contributed by atoms with Gasteiger partial charge < -0.3 is 9.47 Å². The summed E-state index contributed by atoms with van der Waals surface area (Å²) in [6.45, 7) is 4.79. The number of methoxy groups -OCH3 is 1. The molecule has 0 aliphatic heterocycles. The van der Waals surface area contributed by atoms with Gasteiger partial charge in [0.25, 0.3) is 0 Å². The first-order valence-corrected chi connectivity index (χ1v) is 6.33. The van der Waals surface area contributed by atoms with E-state index < -0.39 is 0 Å². The fraction of sp³-hybridized carbons (Fsp3) is 1.00. The number of hydrogen-bond donors (Lipinski definition) is 0.